The highest BCUT2D eigenvalue weighted by Crippen LogP contribution is 2.34. The molecule has 0 saturated heterocycles. The van der Waals surface area contributed by atoms with Crippen LogP contribution in [0.1, 0.15) is 39.4 Å². The molecule has 2 N–H and O–H groups in total. The number of hydrogen-bond acceptors (Lipinski definition) is 2. The maximum atomic E-state index is 6.20. The van der Waals surface area contributed by atoms with Gasteiger partial charge in [-0.25, -0.2) is 0 Å². The predicted molar refractivity (Wildman–Crippen MR) is 62.0 cm³/mol. The van der Waals surface area contributed by atoms with E-state index in [4.69, 9.17) is 5.73 Å². The molecule has 0 bridgehead atoms. The lowest BCUT2D eigenvalue weighted by molar-refractivity contribution is 0.310. The van der Waals surface area contributed by atoms with Gasteiger partial charge in [-0.3, -0.25) is 4.68 Å². The number of aryl methyl sites for hydroxylation is 1. The monoisotopic (exact) mass is 259 g/mol. The van der Waals surface area contributed by atoms with Crippen LogP contribution in [0, 0.1) is 5.41 Å². The summed E-state index contributed by atoms with van der Waals surface area (Å²) < 4.78 is 2.95. The minimum absolute atomic E-state index is 0.000625. The Hall–Kier alpha value is -0.350. The van der Waals surface area contributed by atoms with Gasteiger partial charge in [0.2, 0.25) is 0 Å². The third-order valence-electron chi connectivity index (χ3n) is 2.36. The summed E-state index contributed by atoms with van der Waals surface area (Å²) in [6, 6.07) is -0.000625. The predicted octanol–water partition coefficient (Wildman–Crippen LogP) is 2.71. The van der Waals surface area contributed by atoms with E-state index in [1.807, 2.05) is 10.9 Å². The lowest BCUT2D eigenvalue weighted by Crippen LogP contribution is -2.29. The van der Waals surface area contributed by atoms with Gasteiger partial charge in [-0.05, 0) is 28.3 Å². The van der Waals surface area contributed by atoms with E-state index in [1.54, 1.807) is 0 Å². The van der Waals surface area contributed by atoms with Gasteiger partial charge in [0.25, 0.3) is 0 Å². The standard InChI is InChI=1S/C10H18BrN3/c1-5-14-8(7(11)6-13-14)9(12)10(2,3)4/h6,9H,5,12H2,1-4H3. The molecule has 1 rings (SSSR count). The summed E-state index contributed by atoms with van der Waals surface area (Å²) in [5.41, 5.74) is 7.34. The van der Waals surface area contributed by atoms with Crippen molar-refractivity contribution in [2.24, 2.45) is 11.1 Å². The Morgan fingerprint density at radius 1 is 1.57 bits per heavy atom. The van der Waals surface area contributed by atoms with Crippen LogP contribution in [-0.4, -0.2) is 9.78 Å². The molecule has 14 heavy (non-hydrogen) atoms. The van der Waals surface area contributed by atoms with Crippen molar-refractivity contribution in [2.45, 2.75) is 40.3 Å². The summed E-state index contributed by atoms with van der Waals surface area (Å²) >= 11 is 3.49. The second-order valence-electron chi connectivity index (χ2n) is 4.54. The van der Waals surface area contributed by atoms with Gasteiger partial charge in [-0.15, -0.1) is 0 Å². The molecule has 3 nitrogen and oxygen atoms in total. The number of aromatic nitrogens is 2. The fourth-order valence-corrected chi connectivity index (χ4v) is 1.89. The van der Waals surface area contributed by atoms with Crippen LogP contribution < -0.4 is 5.73 Å². The molecule has 0 aliphatic rings. The molecule has 1 aromatic rings. The van der Waals surface area contributed by atoms with Crippen molar-refractivity contribution < 1.29 is 0 Å². The third kappa shape index (κ3) is 2.17. The van der Waals surface area contributed by atoms with E-state index in [0.717, 1.165) is 16.7 Å². The van der Waals surface area contributed by atoms with Crippen molar-refractivity contribution in [3.8, 4) is 0 Å². The van der Waals surface area contributed by atoms with Gasteiger partial charge in [0.1, 0.15) is 0 Å². The SMILES string of the molecule is CCn1ncc(Br)c1C(N)C(C)(C)C. The molecule has 0 amide bonds. The van der Waals surface area contributed by atoms with E-state index < -0.39 is 0 Å². The summed E-state index contributed by atoms with van der Waals surface area (Å²) in [5, 5.41) is 4.26. The molecule has 0 radical (unpaired) electrons. The molecule has 0 aliphatic heterocycles. The van der Waals surface area contributed by atoms with E-state index in [9.17, 15) is 0 Å². The van der Waals surface area contributed by atoms with Crippen molar-refractivity contribution >= 4 is 15.9 Å². The molecule has 0 aromatic carbocycles. The van der Waals surface area contributed by atoms with Crippen LogP contribution in [0.25, 0.3) is 0 Å². The Kier molecular flexibility index (Phi) is 3.37. The molecule has 1 aromatic heterocycles. The molecular weight excluding hydrogens is 242 g/mol. The van der Waals surface area contributed by atoms with Gasteiger partial charge in [-0.1, -0.05) is 20.8 Å². The molecule has 0 spiro atoms. The quantitative estimate of drug-likeness (QED) is 0.888. The fourth-order valence-electron chi connectivity index (χ4n) is 1.34. The smallest absolute Gasteiger partial charge is 0.0698 e. The lowest BCUT2D eigenvalue weighted by atomic mass is 9.85. The summed E-state index contributed by atoms with van der Waals surface area (Å²) in [7, 11) is 0. The van der Waals surface area contributed by atoms with Crippen LogP contribution in [0.3, 0.4) is 0 Å². The first-order valence-electron chi connectivity index (χ1n) is 4.84. The van der Waals surface area contributed by atoms with E-state index in [2.05, 4.69) is 48.7 Å². The van der Waals surface area contributed by atoms with Crippen molar-refractivity contribution in [2.75, 3.05) is 0 Å². The number of nitrogens with two attached hydrogens (primary N) is 1. The van der Waals surface area contributed by atoms with Gasteiger partial charge < -0.3 is 5.73 Å². The van der Waals surface area contributed by atoms with Crippen LogP contribution >= 0.6 is 15.9 Å². The number of hydrogen-bond donors (Lipinski definition) is 1. The normalized spacial score (nSPS) is 14.4. The van der Waals surface area contributed by atoms with E-state index in [0.29, 0.717) is 0 Å². The van der Waals surface area contributed by atoms with Crippen LogP contribution in [0.5, 0.6) is 0 Å². The topological polar surface area (TPSA) is 43.8 Å². The van der Waals surface area contributed by atoms with Crippen molar-refractivity contribution in [1.29, 1.82) is 0 Å². The van der Waals surface area contributed by atoms with E-state index >= 15 is 0 Å². The lowest BCUT2D eigenvalue weighted by Gasteiger charge is -2.27. The zero-order chi connectivity index (χ0) is 10.9. The Bertz CT molecular complexity index is 312. The fraction of sp³-hybridized carbons (Fsp3) is 0.700. The molecule has 0 aliphatic carbocycles. The third-order valence-corrected chi connectivity index (χ3v) is 2.97. The van der Waals surface area contributed by atoms with Gasteiger partial charge in [0.05, 0.1) is 22.4 Å². The van der Waals surface area contributed by atoms with E-state index in [1.165, 1.54) is 0 Å². The molecule has 1 unspecified atom stereocenters. The van der Waals surface area contributed by atoms with Crippen molar-refractivity contribution in [3.63, 3.8) is 0 Å². The highest BCUT2D eigenvalue weighted by atomic mass is 79.9. The summed E-state index contributed by atoms with van der Waals surface area (Å²) in [6.07, 6.45) is 1.81. The highest BCUT2D eigenvalue weighted by Gasteiger charge is 2.27. The Balaban J connectivity index is 3.11. The van der Waals surface area contributed by atoms with Crippen molar-refractivity contribution in [3.05, 3.63) is 16.4 Å². The number of halogens is 1. The molecular formula is C10H18BrN3. The molecule has 80 valence electrons. The molecule has 1 atom stereocenters. The Morgan fingerprint density at radius 2 is 2.14 bits per heavy atom. The molecule has 0 saturated carbocycles. The average Bonchev–Trinajstić information content (AvgIpc) is 2.43. The summed E-state index contributed by atoms with van der Waals surface area (Å²) in [4.78, 5) is 0. The highest BCUT2D eigenvalue weighted by molar-refractivity contribution is 9.10. The Labute approximate surface area is 93.8 Å². The van der Waals surface area contributed by atoms with Gasteiger partial charge in [0.15, 0.2) is 0 Å². The second kappa shape index (κ2) is 4.03. The van der Waals surface area contributed by atoms with Gasteiger partial charge in [0, 0.05) is 6.54 Å². The first kappa shape index (κ1) is 11.7. The first-order valence-corrected chi connectivity index (χ1v) is 5.64. The second-order valence-corrected chi connectivity index (χ2v) is 5.39. The number of rotatable bonds is 2. The van der Waals surface area contributed by atoms with Crippen LogP contribution in [0.2, 0.25) is 0 Å². The molecule has 1 heterocycles. The first-order chi connectivity index (χ1) is 6.38. The maximum absolute atomic E-state index is 6.20. The van der Waals surface area contributed by atoms with Crippen LogP contribution in [0.15, 0.2) is 10.7 Å². The molecule has 4 heteroatoms. The zero-order valence-corrected chi connectivity index (χ0v) is 10.8. The Morgan fingerprint density at radius 3 is 2.57 bits per heavy atom. The van der Waals surface area contributed by atoms with E-state index in [-0.39, 0.29) is 11.5 Å². The van der Waals surface area contributed by atoms with Crippen LogP contribution in [0.4, 0.5) is 0 Å². The minimum Gasteiger partial charge on any atom is -0.322 e. The average molecular weight is 260 g/mol. The molecule has 0 fully saturated rings. The number of nitrogens with zero attached hydrogens (tertiary/aromatic N) is 2. The van der Waals surface area contributed by atoms with Gasteiger partial charge in [-0.2, -0.15) is 5.10 Å². The van der Waals surface area contributed by atoms with Gasteiger partial charge >= 0.3 is 0 Å². The summed E-state index contributed by atoms with van der Waals surface area (Å²) in [5.74, 6) is 0. The zero-order valence-electron chi connectivity index (χ0n) is 9.21. The summed E-state index contributed by atoms with van der Waals surface area (Å²) in [6.45, 7) is 9.33. The van der Waals surface area contributed by atoms with Crippen LogP contribution in [-0.2, 0) is 6.54 Å². The maximum Gasteiger partial charge on any atom is 0.0698 e. The minimum atomic E-state index is -0.000625. The van der Waals surface area contributed by atoms with Crippen molar-refractivity contribution in [1.82, 2.24) is 9.78 Å². The largest absolute Gasteiger partial charge is 0.322 e.